The van der Waals surface area contributed by atoms with E-state index < -0.39 is 0 Å². The monoisotopic (exact) mass is 265 g/mol. The lowest BCUT2D eigenvalue weighted by atomic mass is 10.2. The Morgan fingerprint density at radius 2 is 2.28 bits per heavy atom. The SMILES string of the molecule is CCNCc1ccc(Sc2cnn(C)c2)c(F)c1. The quantitative estimate of drug-likeness (QED) is 0.901. The Hall–Kier alpha value is -1.33. The maximum absolute atomic E-state index is 13.9. The van der Waals surface area contributed by atoms with Crippen molar-refractivity contribution in [1.29, 1.82) is 0 Å². The van der Waals surface area contributed by atoms with Crippen molar-refractivity contribution in [2.45, 2.75) is 23.3 Å². The van der Waals surface area contributed by atoms with Crippen molar-refractivity contribution < 1.29 is 4.39 Å². The van der Waals surface area contributed by atoms with Crippen LogP contribution in [0, 0.1) is 5.82 Å². The highest BCUT2D eigenvalue weighted by Crippen LogP contribution is 2.29. The van der Waals surface area contributed by atoms with Gasteiger partial charge in [0.05, 0.1) is 11.1 Å². The molecule has 0 saturated heterocycles. The fraction of sp³-hybridized carbons (Fsp3) is 0.308. The Morgan fingerprint density at radius 3 is 2.89 bits per heavy atom. The highest BCUT2D eigenvalue weighted by Gasteiger charge is 2.06. The van der Waals surface area contributed by atoms with Gasteiger partial charge in [0.25, 0.3) is 0 Å². The van der Waals surface area contributed by atoms with Crippen LogP contribution in [-0.4, -0.2) is 16.3 Å². The van der Waals surface area contributed by atoms with E-state index in [1.54, 1.807) is 16.9 Å². The molecule has 0 unspecified atom stereocenters. The number of aryl methyl sites for hydroxylation is 1. The van der Waals surface area contributed by atoms with E-state index in [1.807, 2.05) is 32.3 Å². The van der Waals surface area contributed by atoms with E-state index in [9.17, 15) is 4.39 Å². The molecular formula is C13H16FN3S. The predicted molar refractivity (Wildman–Crippen MR) is 71.1 cm³/mol. The van der Waals surface area contributed by atoms with Crippen LogP contribution >= 0.6 is 11.8 Å². The summed E-state index contributed by atoms with van der Waals surface area (Å²) < 4.78 is 15.6. The summed E-state index contributed by atoms with van der Waals surface area (Å²) in [5.74, 6) is -0.181. The third kappa shape index (κ3) is 3.34. The first-order valence-corrected chi connectivity index (χ1v) is 6.66. The molecular weight excluding hydrogens is 249 g/mol. The van der Waals surface area contributed by atoms with Crippen LogP contribution < -0.4 is 5.32 Å². The molecule has 1 heterocycles. The van der Waals surface area contributed by atoms with Gasteiger partial charge < -0.3 is 5.32 Å². The summed E-state index contributed by atoms with van der Waals surface area (Å²) in [5, 5.41) is 7.24. The average molecular weight is 265 g/mol. The molecule has 2 aromatic rings. The van der Waals surface area contributed by atoms with Crippen LogP contribution in [0.1, 0.15) is 12.5 Å². The maximum atomic E-state index is 13.9. The lowest BCUT2D eigenvalue weighted by molar-refractivity contribution is 0.596. The van der Waals surface area contributed by atoms with Crippen molar-refractivity contribution in [3.63, 3.8) is 0 Å². The molecule has 2 rings (SSSR count). The minimum Gasteiger partial charge on any atom is -0.313 e. The number of halogens is 1. The molecule has 0 atom stereocenters. The fourth-order valence-corrected chi connectivity index (χ4v) is 2.44. The number of rotatable bonds is 5. The van der Waals surface area contributed by atoms with E-state index in [0.717, 1.165) is 17.0 Å². The molecule has 5 heteroatoms. The summed E-state index contributed by atoms with van der Waals surface area (Å²) in [4.78, 5) is 1.57. The Bertz CT molecular complexity index is 525. The van der Waals surface area contributed by atoms with Crippen molar-refractivity contribution in [1.82, 2.24) is 15.1 Å². The van der Waals surface area contributed by atoms with Gasteiger partial charge in [-0.05, 0) is 24.2 Å². The first kappa shape index (κ1) is 13.1. The van der Waals surface area contributed by atoms with Crippen molar-refractivity contribution in [3.8, 4) is 0 Å². The van der Waals surface area contributed by atoms with Crippen LogP contribution in [-0.2, 0) is 13.6 Å². The van der Waals surface area contributed by atoms with E-state index in [1.165, 1.54) is 11.8 Å². The van der Waals surface area contributed by atoms with Crippen molar-refractivity contribution in [2.24, 2.45) is 7.05 Å². The topological polar surface area (TPSA) is 29.9 Å². The predicted octanol–water partition coefficient (Wildman–Crippen LogP) is 2.82. The van der Waals surface area contributed by atoms with Gasteiger partial charge in [-0.25, -0.2) is 4.39 Å². The standard InChI is InChI=1S/C13H16FN3S/c1-3-15-7-10-4-5-13(12(14)6-10)18-11-8-16-17(2)9-11/h4-6,8-9,15H,3,7H2,1-2H3. The number of hydrogen-bond acceptors (Lipinski definition) is 3. The zero-order chi connectivity index (χ0) is 13.0. The van der Waals surface area contributed by atoms with Crippen LogP contribution in [0.25, 0.3) is 0 Å². The van der Waals surface area contributed by atoms with Gasteiger partial charge in [-0.2, -0.15) is 5.10 Å². The summed E-state index contributed by atoms with van der Waals surface area (Å²) >= 11 is 1.39. The first-order chi connectivity index (χ1) is 8.69. The molecule has 0 bridgehead atoms. The van der Waals surface area contributed by atoms with Gasteiger partial charge >= 0.3 is 0 Å². The second-order valence-corrected chi connectivity index (χ2v) is 5.11. The molecule has 1 aromatic heterocycles. The number of hydrogen-bond donors (Lipinski definition) is 1. The molecule has 3 nitrogen and oxygen atoms in total. The van der Waals surface area contributed by atoms with E-state index in [-0.39, 0.29) is 5.82 Å². The van der Waals surface area contributed by atoms with E-state index in [2.05, 4.69) is 10.4 Å². The number of aromatic nitrogens is 2. The summed E-state index contributed by atoms with van der Waals surface area (Å²) in [6.45, 7) is 3.61. The Balaban J connectivity index is 2.09. The molecule has 0 fully saturated rings. The summed E-state index contributed by atoms with van der Waals surface area (Å²) in [6, 6.07) is 5.35. The Labute approximate surface area is 110 Å². The van der Waals surface area contributed by atoms with Gasteiger partial charge in [-0.3, -0.25) is 4.68 Å². The van der Waals surface area contributed by atoms with Crippen molar-refractivity contribution in [3.05, 3.63) is 42.0 Å². The minimum atomic E-state index is -0.181. The normalized spacial score (nSPS) is 10.8. The van der Waals surface area contributed by atoms with Crippen molar-refractivity contribution >= 4 is 11.8 Å². The van der Waals surface area contributed by atoms with E-state index in [4.69, 9.17) is 0 Å². The first-order valence-electron chi connectivity index (χ1n) is 5.84. The Morgan fingerprint density at radius 1 is 1.44 bits per heavy atom. The largest absolute Gasteiger partial charge is 0.313 e. The molecule has 1 aromatic carbocycles. The molecule has 18 heavy (non-hydrogen) atoms. The van der Waals surface area contributed by atoms with Gasteiger partial charge in [0, 0.05) is 24.7 Å². The second-order valence-electron chi connectivity index (χ2n) is 4.00. The minimum absolute atomic E-state index is 0.181. The third-order valence-electron chi connectivity index (χ3n) is 2.48. The third-order valence-corrected chi connectivity index (χ3v) is 3.48. The molecule has 0 saturated carbocycles. The lowest BCUT2D eigenvalue weighted by Crippen LogP contribution is -2.11. The smallest absolute Gasteiger partial charge is 0.137 e. The molecule has 0 aliphatic carbocycles. The number of nitrogens with one attached hydrogen (secondary N) is 1. The average Bonchev–Trinajstić information content (AvgIpc) is 2.75. The zero-order valence-electron chi connectivity index (χ0n) is 10.5. The van der Waals surface area contributed by atoms with Gasteiger partial charge in [-0.1, -0.05) is 24.8 Å². The number of nitrogens with zero attached hydrogens (tertiary/aromatic N) is 2. The summed E-state index contributed by atoms with van der Waals surface area (Å²) in [6.07, 6.45) is 3.60. The molecule has 96 valence electrons. The summed E-state index contributed by atoms with van der Waals surface area (Å²) in [5.41, 5.74) is 0.963. The zero-order valence-corrected chi connectivity index (χ0v) is 11.3. The highest BCUT2D eigenvalue weighted by molar-refractivity contribution is 7.99. The van der Waals surface area contributed by atoms with Crippen LogP contribution in [0.5, 0.6) is 0 Å². The molecule has 0 aliphatic rings. The van der Waals surface area contributed by atoms with Gasteiger partial charge in [-0.15, -0.1) is 0 Å². The van der Waals surface area contributed by atoms with Gasteiger partial charge in [0.1, 0.15) is 5.82 Å². The lowest BCUT2D eigenvalue weighted by Gasteiger charge is -2.05. The van der Waals surface area contributed by atoms with Crippen molar-refractivity contribution in [2.75, 3.05) is 6.54 Å². The summed E-state index contributed by atoms with van der Waals surface area (Å²) in [7, 11) is 1.85. The van der Waals surface area contributed by atoms with E-state index in [0.29, 0.717) is 11.4 Å². The maximum Gasteiger partial charge on any atom is 0.137 e. The Kier molecular flexibility index (Phi) is 4.38. The van der Waals surface area contributed by atoms with Gasteiger partial charge in [0.2, 0.25) is 0 Å². The molecule has 0 spiro atoms. The molecule has 0 amide bonds. The fourth-order valence-electron chi connectivity index (χ4n) is 1.58. The van der Waals surface area contributed by atoms with Crippen LogP contribution in [0.4, 0.5) is 4.39 Å². The van der Waals surface area contributed by atoms with Crippen LogP contribution in [0.3, 0.4) is 0 Å². The van der Waals surface area contributed by atoms with E-state index >= 15 is 0 Å². The second kappa shape index (κ2) is 6.02. The highest BCUT2D eigenvalue weighted by atomic mass is 32.2. The van der Waals surface area contributed by atoms with Gasteiger partial charge in [0.15, 0.2) is 0 Å². The number of benzene rings is 1. The molecule has 0 radical (unpaired) electrons. The molecule has 1 N–H and O–H groups in total. The molecule has 0 aliphatic heterocycles. The van der Waals surface area contributed by atoms with Crippen LogP contribution in [0.2, 0.25) is 0 Å². The van der Waals surface area contributed by atoms with Crippen LogP contribution in [0.15, 0.2) is 40.4 Å².